The van der Waals surface area contributed by atoms with E-state index in [0.29, 0.717) is 18.1 Å². The lowest BCUT2D eigenvalue weighted by atomic mass is 10.1. The molecule has 0 radical (unpaired) electrons. The summed E-state index contributed by atoms with van der Waals surface area (Å²) in [4.78, 5) is 17.7. The van der Waals surface area contributed by atoms with Gasteiger partial charge in [0.05, 0.1) is 11.1 Å². The van der Waals surface area contributed by atoms with E-state index >= 15 is 0 Å². The number of halogens is 1. The van der Waals surface area contributed by atoms with Crippen LogP contribution in [-0.2, 0) is 4.79 Å². The number of thiazole rings is 1. The molecule has 1 aromatic carbocycles. The SMILES string of the molecule is Nc1nc(-c2ccc(N3CC(Cl)CC3=O)cc2)cs1. The molecule has 1 fully saturated rings. The van der Waals surface area contributed by atoms with Crippen molar-refractivity contribution in [3.8, 4) is 11.3 Å². The summed E-state index contributed by atoms with van der Waals surface area (Å²) in [6.45, 7) is 0.573. The number of hydrogen-bond donors (Lipinski definition) is 1. The van der Waals surface area contributed by atoms with Crippen LogP contribution in [-0.4, -0.2) is 22.8 Å². The molecule has 1 aliphatic heterocycles. The van der Waals surface area contributed by atoms with Gasteiger partial charge in [0.2, 0.25) is 5.91 Å². The number of rotatable bonds is 2. The zero-order valence-electron chi connectivity index (χ0n) is 10.0. The van der Waals surface area contributed by atoms with Crippen molar-refractivity contribution in [3.05, 3.63) is 29.6 Å². The van der Waals surface area contributed by atoms with E-state index < -0.39 is 0 Å². The average Bonchev–Trinajstić information content (AvgIpc) is 2.96. The van der Waals surface area contributed by atoms with Gasteiger partial charge in [-0.2, -0.15) is 0 Å². The summed E-state index contributed by atoms with van der Waals surface area (Å²) in [6, 6.07) is 7.72. The number of nitrogen functional groups attached to an aromatic ring is 1. The minimum atomic E-state index is -0.0921. The smallest absolute Gasteiger partial charge is 0.228 e. The molecule has 3 rings (SSSR count). The molecule has 0 aliphatic carbocycles. The summed E-state index contributed by atoms with van der Waals surface area (Å²) in [5.74, 6) is 0.0747. The second-order valence-electron chi connectivity index (χ2n) is 4.42. The van der Waals surface area contributed by atoms with Gasteiger partial charge in [-0.15, -0.1) is 22.9 Å². The number of anilines is 2. The summed E-state index contributed by atoms with van der Waals surface area (Å²) < 4.78 is 0. The van der Waals surface area contributed by atoms with Gasteiger partial charge >= 0.3 is 0 Å². The van der Waals surface area contributed by atoms with Crippen LogP contribution in [0.15, 0.2) is 29.6 Å². The molecule has 4 nitrogen and oxygen atoms in total. The van der Waals surface area contributed by atoms with E-state index in [-0.39, 0.29) is 11.3 Å². The largest absolute Gasteiger partial charge is 0.375 e. The number of nitrogens with two attached hydrogens (primary N) is 1. The first kappa shape index (κ1) is 12.4. The number of amides is 1. The van der Waals surface area contributed by atoms with Gasteiger partial charge in [-0.3, -0.25) is 4.79 Å². The molecule has 0 spiro atoms. The number of carbonyl (C=O) groups is 1. The maximum absolute atomic E-state index is 11.8. The lowest BCUT2D eigenvalue weighted by molar-refractivity contribution is -0.117. The second kappa shape index (κ2) is 4.83. The second-order valence-corrected chi connectivity index (χ2v) is 5.93. The van der Waals surface area contributed by atoms with Gasteiger partial charge in [0.1, 0.15) is 0 Å². The third-order valence-corrected chi connectivity index (χ3v) is 4.04. The molecular formula is C13H12ClN3OS. The summed E-state index contributed by atoms with van der Waals surface area (Å²) in [5, 5.41) is 2.38. The number of alkyl halides is 1. The number of aromatic nitrogens is 1. The van der Waals surface area contributed by atoms with Gasteiger partial charge in [-0.25, -0.2) is 4.98 Å². The van der Waals surface area contributed by atoms with Crippen molar-refractivity contribution in [3.63, 3.8) is 0 Å². The molecule has 6 heteroatoms. The monoisotopic (exact) mass is 293 g/mol. The molecule has 1 amide bonds. The van der Waals surface area contributed by atoms with E-state index in [9.17, 15) is 4.79 Å². The summed E-state index contributed by atoms with van der Waals surface area (Å²) in [5.41, 5.74) is 8.34. The Morgan fingerprint density at radius 1 is 1.37 bits per heavy atom. The van der Waals surface area contributed by atoms with Gasteiger partial charge in [-0.05, 0) is 12.1 Å². The van der Waals surface area contributed by atoms with Crippen LogP contribution in [0.5, 0.6) is 0 Å². The van der Waals surface area contributed by atoms with Gasteiger partial charge < -0.3 is 10.6 Å². The molecule has 2 aromatic rings. The number of hydrogen-bond acceptors (Lipinski definition) is 4. The van der Waals surface area contributed by atoms with Crippen LogP contribution in [0, 0.1) is 0 Å². The Morgan fingerprint density at radius 3 is 2.63 bits per heavy atom. The Bertz CT molecular complexity index is 611. The van der Waals surface area contributed by atoms with Crippen LogP contribution >= 0.6 is 22.9 Å². The van der Waals surface area contributed by atoms with Crippen molar-refractivity contribution in [1.82, 2.24) is 4.98 Å². The third-order valence-electron chi connectivity index (χ3n) is 3.07. The van der Waals surface area contributed by atoms with Crippen molar-refractivity contribution >= 4 is 39.7 Å². The first-order valence-corrected chi connectivity index (χ1v) is 7.21. The topological polar surface area (TPSA) is 59.2 Å². The minimum absolute atomic E-state index is 0.0747. The average molecular weight is 294 g/mol. The highest BCUT2D eigenvalue weighted by molar-refractivity contribution is 7.13. The molecule has 1 aromatic heterocycles. The Labute approximate surface area is 119 Å². The Morgan fingerprint density at radius 2 is 2.11 bits per heavy atom. The molecular weight excluding hydrogens is 282 g/mol. The van der Waals surface area contributed by atoms with Gasteiger partial charge in [0.25, 0.3) is 0 Å². The fraction of sp³-hybridized carbons (Fsp3) is 0.231. The Hall–Kier alpha value is -1.59. The molecule has 1 atom stereocenters. The number of nitrogens with zero attached hydrogens (tertiary/aromatic N) is 2. The van der Waals surface area contributed by atoms with Crippen LogP contribution in [0.25, 0.3) is 11.3 Å². The zero-order chi connectivity index (χ0) is 13.4. The number of benzene rings is 1. The highest BCUT2D eigenvalue weighted by atomic mass is 35.5. The standard InChI is InChI=1S/C13H12ClN3OS/c14-9-5-12(18)17(6-9)10-3-1-8(2-4-10)11-7-19-13(15)16-11/h1-4,7,9H,5-6H2,(H2,15,16). The zero-order valence-corrected chi connectivity index (χ0v) is 11.6. The van der Waals surface area contributed by atoms with Gasteiger partial charge in [-0.1, -0.05) is 12.1 Å². The van der Waals surface area contributed by atoms with Crippen LogP contribution in [0.1, 0.15) is 6.42 Å². The normalized spacial score (nSPS) is 19.1. The molecule has 0 saturated carbocycles. The van der Waals surface area contributed by atoms with Crippen LogP contribution in [0.2, 0.25) is 0 Å². The van der Waals surface area contributed by atoms with E-state index in [1.165, 1.54) is 11.3 Å². The lowest BCUT2D eigenvalue weighted by Gasteiger charge is -2.15. The molecule has 1 saturated heterocycles. The van der Waals surface area contributed by atoms with Crippen molar-refractivity contribution in [2.45, 2.75) is 11.8 Å². The molecule has 2 N–H and O–H groups in total. The van der Waals surface area contributed by atoms with Crippen LogP contribution < -0.4 is 10.6 Å². The fourth-order valence-corrected chi connectivity index (χ4v) is 2.99. The van der Waals surface area contributed by atoms with E-state index in [4.69, 9.17) is 17.3 Å². The predicted molar refractivity (Wildman–Crippen MR) is 78.6 cm³/mol. The molecule has 0 bridgehead atoms. The quantitative estimate of drug-likeness (QED) is 0.866. The van der Waals surface area contributed by atoms with Gasteiger partial charge in [0.15, 0.2) is 5.13 Å². The van der Waals surface area contributed by atoms with Crippen LogP contribution in [0.4, 0.5) is 10.8 Å². The fourth-order valence-electron chi connectivity index (χ4n) is 2.15. The molecule has 1 unspecified atom stereocenters. The van der Waals surface area contributed by atoms with Crippen LogP contribution in [0.3, 0.4) is 0 Å². The van der Waals surface area contributed by atoms with E-state index in [1.807, 2.05) is 29.6 Å². The van der Waals surface area contributed by atoms with Crippen molar-refractivity contribution in [2.75, 3.05) is 17.2 Å². The van der Waals surface area contributed by atoms with E-state index in [1.54, 1.807) is 4.90 Å². The summed E-state index contributed by atoms with van der Waals surface area (Å²) in [6.07, 6.45) is 0.409. The highest BCUT2D eigenvalue weighted by Crippen LogP contribution is 2.28. The van der Waals surface area contributed by atoms with Crippen molar-refractivity contribution in [1.29, 1.82) is 0 Å². The third kappa shape index (κ3) is 2.43. The van der Waals surface area contributed by atoms with Crippen molar-refractivity contribution in [2.24, 2.45) is 0 Å². The molecule has 1 aliphatic rings. The summed E-state index contributed by atoms with van der Waals surface area (Å²) in [7, 11) is 0. The molecule has 98 valence electrons. The molecule has 2 heterocycles. The molecule has 19 heavy (non-hydrogen) atoms. The Balaban J connectivity index is 1.85. The maximum Gasteiger partial charge on any atom is 0.228 e. The van der Waals surface area contributed by atoms with Gasteiger partial charge in [0, 0.05) is 29.6 Å². The summed E-state index contributed by atoms with van der Waals surface area (Å²) >= 11 is 7.41. The Kier molecular flexibility index (Phi) is 3.16. The predicted octanol–water partition coefficient (Wildman–Crippen LogP) is 2.74. The first-order valence-electron chi connectivity index (χ1n) is 5.89. The van der Waals surface area contributed by atoms with E-state index in [2.05, 4.69) is 4.98 Å². The maximum atomic E-state index is 11.8. The first-order chi connectivity index (χ1) is 9.13. The lowest BCUT2D eigenvalue weighted by Crippen LogP contribution is -2.24. The highest BCUT2D eigenvalue weighted by Gasteiger charge is 2.28. The minimum Gasteiger partial charge on any atom is -0.375 e. The van der Waals surface area contributed by atoms with Crippen molar-refractivity contribution < 1.29 is 4.79 Å². The number of carbonyl (C=O) groups excluding carboxylic acids is 1. The van der Waals surface area contributed by atoms with E-state index in [0.717, 1.165) is 16.9 Å².